The highest BCUT2D eigenvalue weighted by atomic mass is 35.5. The summed E-state index contributed by atoms with van der Waals surface area (Å²) >= 11 is 19.6. The van der Waals surface area contributed by atoms with E-state index in [1.165, 1.54) is 0 Å². The number of carbonyl (C=O) groups is 1. The molecule has 1 aromatic heterocycles. The number of rotatable bonds is 7. The number of alkyl halides is 1. The lowest BCUT2D eigenvalue weighted by Gasteiger charge is -2.15. The van der Waals surface area contributed by atoms with Crippen molar-refractivity contribution < 1.29 is 19.2 Å². The number of nitrogens with zero attached hydrogens (tertiary/aromatic N) is 1. The highest BCUT2D eigenvalue weighted by molar-refractivity contribution is 6.39. The average molecular weight is 507 g/mol. The van der Waals surface area contributed by atoms with Crippen LogP contribution in [0.5, 0.6) is 0 Å². The first-order valence-corrected chi connectivity index (χ1v) is 12.1. The number of aromatic carboxylic acids is 1. The maximum atomic E-state index is 11.3. The molecule has 0 bridgehead atoms. The summed E-state index contributed by atoms with van der Waals surface area (Å²) in [5, 5.41) is 14.5. The molecule has 0 radical (unpaired) electrons. The minimum absolute atomic E-state index is 0.0267. The molecule has 0 amide bonds. The fourth-order valence-corrected chi connectivity index (χ4v) is 5.60. The van der Waals surface area contributed by atoms with Crippen molar-refractivity contribution in [1.82, 2.24) is 5.16 Å². The summed E-state index contributed by atoms with van der Waals surface area (Å²) in [7, 11) is 0. The Balaban J connectivity index is 1.35. The molecular formula is C25H22Cl3NO4. The van der Waals surface area contributed by atoms with Crippen molar-refractivity contribution in [2.45, 2.75) is 55.6 Å². The minimum Gasteiger partial charge on any atom is -0.478 e. The fraction of sp³-hybridized carbons (Fsp3) is 0.360. The molecule has 3 unspecified atom stereocenters. The Bertz CT molecular complexity index is 1170. The Kier molecular flexibility index (Phi) is 6.41. The average Bonchev–Trinajstić information content (AvgIpc) is 3.45. The van der Waals surface area contributed by atoms with E-state index in [9.17, 15) is 9.90 Å². The van der Waals surface area contributed by atoms with Gasteiger partial charge < -0.3 is 14.4 Å². The van der Waals surface area contributed by atoms with Crippen LogP contribution in [0.4, 0.5) is 0 Å². The molecule has 2 aliphatic carbocycles. The second kappa shape index (κ2) is 9.30. The maximum absolute atomic E-state index is 11.3. The number of hydrogen-bond donors (Lipinski definition) is 1. The van der Waals surface area contributed by atoms with E-state index in [-0.39, 0.29) is 23.0 Å². The van der Waals surface area contributed by atoms with E-state index >= 15 is 0 Å². The molecule has 8 heteroatoms. The second-order valence-electron chi connectivity index (χ2n) is 8.70. The zero-order chi connectivity index (χ0) is 23.1. The lowest BCUT2D eigenvalue weighted by molar-refractivity contribution is 0.0443. The Morgan fingerprint density at radius 2 is 1.85 bits per heavy atom. The van der Waals surface area contributed by atoms with Crippen LogP contribution in [0.3, 0.4) is 0 Å². The van der Waals surface area contributed by atoms with Crippen molar-refractivity contribution in [1.29, 1.82) is 0 Å². The van der Waals surface area contributed by atoms with Crippen molar-refractivity contribution in [3.8, 4) is 11.3 Å². The van der Waals surface area contributed by atoms with Gasteiger partial charge in [-0.3, -0.25) is 0 Å². The molecule has 2 aromatic carbocycles. The van der Waals surface area contributed by atoms with Crippen molar-refractivity contribution in [2.75, 3.05) is 0 Å². The molecule has 2 aliphatic rings. The number of benzene rings is 2. The molecule has 3 aromatic rings. The molecule has 33 heavy (non-hydrogen) atoms. The first-order chi connectivity index (χ1) is 15.9. The molecule has 2 saturated carbocycles. The number of carboxylic acid groups (broad SMARTS) is 1. The third kappa shape index (κ3) is 4.65. The van der Waals surface area contributed by atoms with Gasteiger partial charge in [0, 0.05) is 28.3 Å². The highest BCUT2D eigenvalue weighted by Crippen LogP contribution is 2.47. The van der Waals surface area contributed by atoms with E-state index in [0.29, 0.717) is 46.7 Å². The molecule has 0 saturated heterocycles. The number of ether oxygens (including phenoxy) is 1. The summed E-state index contributed by atoms with van der Waals surface area (Å²) in [5.41, 5.74) is 3.35. The zero-order valence-electron chi connectivity index (χ0n) is 17.6. The summed E-state index contributed by atoms with van der Waals surface area (Å²) in [6.07, 6.45) is 3.45. The van der Waals surface area contributed by atoms with Gasteiger partial charge in [-0.05, 0) is 55.5 Å². The molecule has 3 atom stereocenters. The third-order valence-corrected chi connectivity index (χ3v) is 7.55. The summed E-state index contributed by atoms with van der Waals surface area (Å²) in [5.74, 6) is 0.271. The fourth-order valence-electron chi connectivity index (χ4n) is 4.58. The molecule has 0 aliphatic heterocycles. The van der Waals surface area contributed by atoms with Crippen LogP contribution < -0.4 is 0 Å². The molecular weight excluding hydrogens is 485 g/mol. The first-order valence-electron chi connectivity index (χ1n) is 10.9. The van der Waals surface area contributed by atoms with Gasteiger partial charge in [0.1, 0.15) is 11.5 Å². The molecule has 2 fully saturated rings. The molecule has 172 valence electrons. The van der Waals surface area contributed by atoms with Gasteiger partial charge in [-0.25, -0.2) is 4.79 Å². The SMILES string of the molecule is O=C(O)c1cccc(C2CC(OCc3c(-c4c(Cl)cccc4Cl)noc3C3CC3)CC2Cl)c1. The van der Waals surface area contributed by atoms with E-state index in [4.69, 9.17) is 44.1 Å². The lowest BCUT2D eigenvalue weighted by atomic mass is 9.95. The summed E-state index contributed by atoms with van der Waals surface area (Å²) in [6.45, 7) is 0.322. The minimum atomic E-state index is -0.945. The van der Waals surface area contributed by atoms with Gasteiger partial charge in [0.05, 0.1) is 28.3 Å². The molecule has 1 N–H and O–H groups in total. The largest absolute Gasteiger partial charge is 0.478 e. The molecule has 5 rings (SSSR count). The maximum Gasteiger partial charge on any atom is 0.335 e. The van der Waals surface area contributed by atoms with Crippen molar-refractivity contribution in [3.63, 3.8) is 0 Å². The predicted octanol–water partition coefficient (Wildman–Crippen LogP) is 7.29. The van der Waals surface area contributed by atoms with Gasteiger partial charge in [-0.1, -0.05) is 46.6 Å². The number of hydrogen-bond acceptors (Lipinski definition) is 4. The van der Waals surface area contributed by atoms with Gasteiger partial charge in [0.2, 0.25) is 0 Å². The normalized spacial score (nSPS) is 22.6. The van der Waals surface area contributed by atoms with Gasteiger partial charge in [-0.2, -0.15) is 0 Å². The van der Waals surface area contributed by atoms with Crippen LogP contribution in [0.1, 0.15) is 64.8 Å². The van der Waals surface area contributed by atoms with Crippen LogP contribution in [-0.2, 0) is 11.3 Å². The van der Waals surface area contributed by atoms with Crippen LogP contribution >= 0.6 is 34.8 Å². The van der Waals surface area contributed by atoms with E-state index in [2.05, 4.69) is 5.16 Å². The van der Waals surface area contributed by atoms with Gasteiger partial charge in [0.15, 0.2) is 0 Å². The highest BCUT2D eigenvalue weighted by Gasteiger charge is 2.37. The summed E-state index contributed by atoms with van der Waals surface area (Å²) in [6, 6.07) is 12.3. The van der Waals surface area contributed by atoms with Crippen molar-refractivity contribution in [3.05, 3.63) is 75.0 Å². The quantitative estimate of drug-likeness (QED) is 0.340. The van der Waals surface area contributed by atoms with E-state index in [1.807, 2.05) is 6.07 Å². The van der Waals surface area contributed by atoms with Crippen molar-refractivity contribution >= 4 is 40.8 Å². The standard InChI is InChI=1S/C25H22Cl3NO4/c26-19-5-2-6-20(27)22(19)23-18(24(33-29-23)13-7-8-13)12-32-16-10-17(21(28)11-16)14-3-1-4-15(9-14)25(30)31/h1-6,9,13,16-17,21H,7-8,10-12H2,(H,30,31). The lowest BCUT2D eigenvalue weighted by Crippen LogP contribution is -2.10. The number of aromatic nitrogens is 1. The van der Waals surface area contributed by atoms with E-state index in [0.717, 1.165) is 29.7 Å². The Morgan fingerprint density at radius 3 is 2.55 bits per heavy atom. The molecule has 0 spiro atoms. The van der Waals surface area contributed by atoms with Crippen LogP contribution in [0.25, 0.3) is 11.3 Å². The van der Waals surface area contributed by atoms with E-state index in [1.54, 1.807) is 36.4 Å². The Morgan fingerprint density at radius 1 is 1.12 bits per heavy atom. The molecule has 5 nitrogen and oxygen atoms in total. The zero-order valence-corrected chi connectivity index (χ0v) is 19.9. The third-order valence-electron chi connectivity index (χ3n) is 6.43. The summed E-state index contributed by atoms with van der Waals surface area (Å²) in [4.78, 5) is 11.3. The number of halogens is 3. The topological polar surface area (TPSA) is 72.6 Å². The van der Waals surface area contributed by atoms with Gasteiger partial charge in [0.25, 0.3) is 0 Å². The predicted molar refractivity (Wildman–Crippen MR) is 128 cm³/mol. The monoisotopic (exact) mass is 505 g/mol. The van der Waals surface area contributed by atoms with E-state index < -0.39 is 5.97 Å². The Labute approximate surface area is 206 Å². The van der Waals surface area contributed by atoms with Crippen molar-refractivity contribution in [2.24, 2.45) is 0 Å². The number of carboxylic acids is 1. The van der Waals surface area contributed by atoms with Crippen LogP contribution in [-0.4, -0.2) is 27.7 Å². The first kappa shape index (κ1) is 22.7. The van der Waals surface area contributed by atoms with Crippen LogP contribution in [0.15, 0.2) is 47.0 Å². The second-order valence-corrected chi connectivity index (χ2v) is 10.1. The molecule has 1 heterocycles. The van der Waals surface area contributed by atoms with Gasteiger partial charge >= 0.3 is 5.97 Å². The smallest absolute Gasteiger partial charge is 0.335 e. The van der Waals surface area contributed by atoms with Crippen LogP contribution in [0, 0.1) is 0 Å². The summed E-state index contributed by atoms with van der Waals surface area (Å²) < 4.78 is 12.0. The Hall–Kier alpha value is -2.05. The van der Waals surface area contributed by atoms with Crippen LogP contribution in [0.2, 0.25) is 10.0 Å². The van der Waals surface area contributed by atoms with Gasteiger partial charge in [-0.15, -0.1) is 11.6 Å².